The number of carbonyl (C=O) groups excluding carboxylic acids is 4. The molecule has 3 heterocycles. The van der Waals surface area contributed by atoms with Gasteiger partial charge in [0.05, 0.1) is 12.8 Å². The summed E-state index contributed by atoms with van der Waals surface area (Å²) in [6.45, 7) is 10.3. The number of methoxy groups -OCH3 is 1. The van der Waals surface area contributed by atoms with Crippen LogP contribution in [0.1, 0.15) is 56.7 Å². The van der Waals surface area contributed by atoms with Crippen LogP contribution in [0.4, 0.5) is 0 Å². The highest BCUT2D eigenvalue weighted by atomic mass is 16.7. The van der Waals surface area contributed by atoms with Crippen molar-refractivity contribution in [3.05, 3.63) is 114 Å². The predicted octanol–water partition coefficient (Wildman–Crippen LogP) is 7.18. The summed E-state index contributed by atoms with van der Waals surface area (Å²) in [7, 11) is 1.13. The lowest BCUT2D eigenvalue weighted by Gasteiger charge is -2.43. The number of carbonyl (C=O) groups is 4. The van der Waals surface area contributed by atoms with Crippen LogP contribution in [0.2, 0.25) is 0 Å². The molecule has 0 amide bonds. The Morgan fingerprint density at radius 3 is 1.98 bits per heavy atom. The van der Waals surface area contributed by atoms with E-state index in [-0.39, 0.29) is 5.75 Å². The van der Waals surface area contributed by atoms with Crippen LogP contribution in [-0.2, 0) is 56.0 Å². The standard InChI is InChI=1S/C49H54N2O12/c1-31-41-28-40(58-30-36-12-8-6-9-13-36)22-23-42(41)51(29-35-14-18-38(19-15-35)57-27-26-50-24-10-7-11-25-50)43(31)37-16-20-39(21-17-37)62-49-47(61-34(4)54)45(60-33(3)53)44(59-32(2)52)46(63-49)48(55)56-5/h6,8-9,12-23,28,44-47,49H,7,10-11,24-27,29-30H2,1-5H3/t44-,45-,46-,47+,49+/m1/s1. The van der Waals surface area contributed by atoms with Crippen molar-refractivity contribution in [2.45, 2.75) is 90.8 Å². The molecule has 0 bridgehead atoms. The van der Waals surface area contributed by atoms with Gasteiger partial charge in [-0.2, -0.15) is 0 Å². The zero-order valence-electron chi connectivity index (χ0n) is 36.3. The summed E-state index contributed by atoms with van der Waals surface area (Å²) in [5.41, 5.74) is 6.05. The van der Waals surface area contributed by atoms with E-state index in [4.69, 9.17) is 37.9 Å². The summed E-state index contributed by atoms with van der Waals surface area (Å²) >= 11 is 0. The molecule has 0 saturated carbocycles. The maximum atomic E-state index is 13.0. The molecular weight excluding hydrogens is 809 g/mol. The lowest BCUT2D eigenvalue weighted by Crippen LogP contribution is -2.64. The van der Waals surface area contributed by atoms with Crippen molar-refractivity contribution in [3.63, 3.8) is 0 Å². The fraction of sp³-hybridized carbons (Fsp3) is 0.388. The van der Waals surface area contributed by atoms with Crippen molar-refractivity contribution in [2.75, 3.05) is 33.4 Å². The van der Waals surface area contributed by atoms with E-state index in [0.717, 1.165) is 97.9 Å². The Kier molecular flexibility index (Phi) is 14.6. The van der Waals surface area contributed by atoms with Crippen molar-refractivity contribution in [3.8, 4) is 28.5 Å². The molecule has 14 heteroatoms. The number of fused-ring (bicyclic) bond motifs is 1. The van der Waals surface area contributed by atoms with E-state index in [9.17, 15) is 19.2 Å². The molecule has 2 saturated heterocycles. The second-order valence-electron chi connectivity index (χ2n) is 15.7. The van der Waals surface area contributed by atoms with Crippen LogP contribution in [0.25, 0.3) is 22.2 Å². The number of esters is 4. The van der Waals surface area contributed by atoms with Gasteiger partial charge in [-0.15, -0.1) is 0 Å². The van der Waals surface area contributed by atoms with Gasteiger partial charge in [0.2, 0.25) is 12.4 Å². The zero-order valence-corrected chi connectivity index (χ0v) is 36.3. The molecule has 332 valence electrons. The smallest absolute Gasteiger partial charge is 0.339 e. The fourth-order valence-corrected chi connectivity index (χ4v) is 8.22. The van der Waals surface area contributed by atoms with Gasteiger partial charge in [-0.05, 0) is 110 Å². The van der Waals surface area contributed by atoms with Crippen LogP contribution in [0.15, 0.2) is 97.1 Å². The molecule has 63 heavy (non-hydrogen) atoms. The van der Waals surface area contributed by atoms with E-state index < -0.39 is 54.6 Å². The monoisotopic (exact) mass is 862 g/mol. The van der Waals surface area contributed by atoms with Crippen molar-refractivity contribution in [2.24, 2.45) is 0 Å². The number of hydrogen-bond donors (Lipinski definition) is 0. The number of rotatable bonds is 16. The number of likely N-dealkylation sites (tertiary alicyclic amines) is 1. The molecular formula is C49H54N2O12. The van der Waals surface area contributed by atoms with Crippen LogP contribution in [0, 0.1) is 6.92 Å². The summed E-state index contributed by atoms with van der Waals surface area (Å²) in [5.74, 6) is -1.39. The first-order valence-corrected chi connectivity index (χ1v) is 21.2. The number of hydrogen-bond acceptors (Lipinski definition) is 13. The summed E-state index contributed by atoms with van der Waals surface area (Å²) in [4.78, 5) is 52.2. The lowest BCUT2D eigenvalue weighted by molar-refractivity contribution is -0.282. The van der Waals surface area contributed by atoms with Crippen molar-refractivity contribution in [1.82, 2.24) is 9.47 Å². The predicted molar refractivity (Wildman–Crippen MR) is 232 cm³/mol. The first-order chi connectivity index (χ1) is 30.5. The lowest BCUT2D eigenvalue weighted by atomic mass is 9.97. The van der Waals surface area contributed by atoms with Gasteiger partial charge in [-0.25, -0.2) is 4.79 Å². The molecule has 1 aromatic heterocycles. The SMILES string of the molecule is COC(=O)[C@@H]1O[C@H](Oc2ccc(-c3c(C)c4cc(OCc5ccccc5)ccc4n3Cc3ccc(OCCN4CCCCC4)cc3)cc2)[C@@H](OC(C)=O)[C@H](OC(C)=O)[C@H]1OC(C)=O. The molecule has 4 aromatic carbocycles. The average Bonchev–Trinajstić information content (AvgIpc) is 3.55. The van der Waals surface area contributed by atoms with Crippen molar-refractivity contribution < 1.29 is 57.1 Å². The van der Waals surface area contributed by atoms with Crippen molar-refractivity contribution in [1.29, 1.82) is 0 Å². The first kappa shape index (κ1) is 44.7. The van der Waals surface area contributed by atoms with Crippen LogP contribution in [0.5, 0.6) is 17.2 Å². The quantitative estimate of drug-likeness (QED) is 0.0729. The van der Waals surface area contributed by atoms with Gasteiger partial charge >= 0.3 is 23.9 Å². The maximum absolute atomic E-state index is 13.0. The molecule has 5 atom stereocenters. The Hall–Kier alpha value is -6.38. The minimum Gasteiger partial charge on any atom is -0.492 e. The Bertz CT molecular complexity index is 2360. The van der Waals surface area contributed by atoms with Gasteiger partial charge in [-0.3, -0.25) is 19.3 Å². The van der Waals surface area contributed by atoms with Crippen molar-refractivity contribution >= 4 is 34.8 Å². The molecule has 2 aliphatic heterocycles. The molecule has 0 unspecified atom stereocenters. The van der Waals surface area contributed by atoms with E-state index in [1.807, 2.05) is 60.7 Å². The molecule has 14 nitrogen and oxygen atoms in total. The third kappa shape index (κ3) is 11.2. The van der Waals surface area contributed by atoms with Gasteiger partial charge in [0, 0.05) is 44.8 Å². The van der Waals surface area contributed by atoms with Crippen LogP contribution >= 0.6 is 0 Å². The number of aromatic nitrogens is 1. The highest BCUT2D eigenvalue weighted by molar-refractivity contribution is 5.92. The molecule has 7 rings (SSSR count). The highest BCUT2D eigenvalue weighted by Crippen LogP contribution is 2.38. The van der Waals surface area contributed by atoms with Gasteiger partial charge in [0.1, 0.15) is 30.5 Å². The van der Waals surface area contributed by atoms with Gasteiger partial charge in [0.25, 0.3) is 0 Å². The van der Waals surface area contributed by atoms with Gasteiger partial charge in [0.15, 0.2) is 18.3 Å². The summed E-state index contributed by atoms with van der Waals surface area (Å²) in [6, 6.07) is 31.6. The molecule has 2 fully saturated rings. The van der Waals surface area contributed by atoms with E-state index in [2.05, 4.69) is 40.7 Å². The molecule has 0 radical (unpaired) electrons. The average molecular weight is 863 g/mol. The summed E-state index contributed by atoms with van der Waals surface area (Å²) in [6.07, 6.45) is -3.70. The summed E-state index contributed by atoms with van der Waals surface area (Å²) in [5, 5.41) is 1.03. The molecule has 2 aliphatic rings. The zero-order chi connectivity index (χ0) is 44.5. The Morgan fingerprint density at radius 2 is 1.32 bits per heavy atom. The highest BCUT2D eigenvalue weighted by Gasteiger charge is 2.55. The van der Waals surface area contributed by atoms with Crippen LogP contribution in [0.3, 0.4) is 0 Å². The second-order valence-corrected chi connectivity index (χ2v) is 15.7. The third-order valence-corrected chi connectivity index (χ3v) is 11.1. The molecule has 5 aromatic rings. The van der Waals surface area contributed by atoms with E-state index in [1.54, 1.807) is 12.1 Å². The molecule has 0 spiro atoms. The normalized spacial score (nSPS) is 20.0. The van der Waals surface area contributed by atoms with Gasteiger partial charge < -0.3 is 42.5 Å². The Morgan fingerprint density at radius 1 is 0.683 bits per heavy atom. The Labute approximate surface area is 366 Å². The largest absolute Gasteiger partial charge is 0.492 e. The number of aryl methyl sites for hydroxylation is 1. The second kappa shape index (κ2) is 20.7. The van der Waals surface area contributed by atoms with Crippen LogP contribution < -0.4 is 14.2 Å². The van der Waals surface area contributed by atoms with E-state index in [0.29, 0.717) is 19.8 Å². The minimum absolute atomic E-state index is 0.282. The summed E-state index contributed by atoms with van der Waals surface area (Å²) < 4.78 is 48.2. The third-order valence-electron chi connectivity index (χ3n) is 11.1. The number of ether oxygens (including phenoxy) is 8. The minimum atomic E-state index is -1.58. The van der Waals surface area contributed by atoms with Gasteiger partial charge in [-0.1, -0.05) is 48.9 Å². The number of piperidine rings is 1. The van der Waals surface area contributed by atoms with Crippen LogP contribution in [-0.4, -0.2) is 97.4 Å². The topological polar surface area (TPSA) is 150 Å². The Balaban J connectivity index is 1.17. The fourth-order valence-electron chi connectivity index (χ4n) is 8.22. The maximum Gasteiger partial charge on any atom is 0.339 e. The molecule has 0 N–H and O–H groups in total. The number of benzene rings is 4. The van der Waals surface area contributed by atoms with E-state index in [1.165, 1.54) is 19.3 Å². The molecule has 0 aliphatic carbocycles. The number of nitrogens with zero attached hydrogens (tertiary/aromatic N) is 2. The van der Waals surface area contributed by atoms with E-state index >= 15 is 0 Å². The first-order valence-electron chi connectivity index (χ1n) is 21.2.